The highest BCUT2D eigenvalue weighted by atomic mass is 16.5. The summed E-state index contributed by atoms with van der Waals surface area (Å²) in [5.41, 5.74) is 5.18. The molecular formula is C28H28N4O2. The number of nitrogens with zero attached hydrogens (tertiary/aromatic N) is 4. The van der Waals surface area contributed by atoms with Crippen molar-refractivity contribution in [1.29, 1.82) is 0 Å². The lowest BCUT2D eigenvalue weighted by molar-refractivity contribution is -0.131. The second-order valence-corrected chi connectivity index (χ2v) is 9.41. The van der Waals surface area contributed by atoms with Gasteiger partial charge >= 0.3 is 0 Å². The van der Waals surface area contributed by atoms with E-state index in [9.17, 15) is 4.79 Å². The maximum absolute atomic E-state index is 12.5. The number of likely N-dealkylation sites (tertiary alicyclic amines) is 1. The smallest absolute Gasteiger partial charge is 0.225 e. The standard InChI is InChI=1S/C28H28N4O2/c1-34-24-12-10-21(11-13-24)20-4-6-22(7-5-20)26-30-25-3-2-15-29-27(25)32(26)18-19-14-16-31(17-19)28(33)23-8-9-23/h2-7,10-13,15,19,23H,8-9,14,16-18H2,1H3. The van der Waals surface area contributed by atoms with E-state index in [0.717, 1.165) is 78.3 Å². The monoisotopic (exact) mass is 452 g/mol. The molecule has 0 N–H and O–H groups in total. The van der Waals surface area contributed by atoms with Gasteiger partial charge in [0.15, 0.2) is 5.65 Å². The molecule has 1 amide bonds. The number of ether oxygens (including phenoxy) is 1. The molecule has 6 heteroatoms. The van der Waals surface area contributed by atoms with E-state index in [1.54, 1.807) is 7.11 Å². The summed E-state index contributed by atoms with van der Waals surface area (Å²) >= 11 is 0. The Morgan fingerprint density at radius 2 is 1.68 bits per heavy atom. The van der Waals surface area contributed by atoms with Crippen LogP contribution in [-0.4, -0.2) is 45.5 Å². The van der Waals surface area contributed by atoms with Crippen molar-refractivity contribution in [2.75, 3.05) is 20.2 Å². The van der Waals surface area contributed by atoms with Gasteiger partial charge < -0.3 is 14.2 Å². The zero-order valence-electron chi connectivity index (χ0n) is 19.4. The van der Waals surface area contributed by atoms with E-state index in [4.69, 9.17) is 9.72 Å². The summed E-state index contributed by atoms with van der Waals surface area (Å²) in [7, 11) is 1.68. The lowest BCUT2D eigenvalue weighted by Gasteiger charge is -2.17. The molecule has 1 aliphatic carbocycles. The van der Waals surface area contributed by atoms with E-state index in [1.165, 1.54) is 0 Å². The maximum atomic E-state index is 12.5. The number of aromatic nitrogens is 3. The molecule has 4 aromatic rings. The highest BCUT2D eigenvalue weighted by molar-refractivity contribution is 5.81. The Labute approximate surface area is 199 Å². The van der Waals surface area contributed by atoms with Crippen LogP contribution in [0.5, 0.6) is 5.75 Å². The average molecular weight is 453 g/mol. The Kier molecular flexibility index (Phi) is 5.28. The van der Waals surface area contributed by atoms with Crippen LogP contribution in [0.15, 0.2) is 66.9 Å². The summed E-state index contributed by atoms with van der Waals surface area (Å²) in [4.78, 5) is 24.2. The van der Waals surface area contributed by atoms with Gasteiger partial charge in [0.05, 0.1) is 7.11 Å². The molecular weight excluding hydrogens is 424 g/mol. The molecule has 34 heavy (non-hydrogen) atoms. The van der Waals surface area contributed by atoms with Gasteiger partial charge in [-0.3, -0.25) is 4.79 Å². The largest absolute Gasteiger partial charge is 0.497 e. The fourth-order valence-electron chi connectivity index (χ4n) is 4.98. The first-order valence-corrected chi connectivity index (χ1v) is 12.0. The summed E-state index contributed by atoms with van der Waals surface area (Å²) in [6, 6.07) is 20.6. The number of hydrogen-bond donors (Lipinski definition) is 0. The molecule has 1 saturated carbocycles. The summed E-state index contributed by atoms with van der Waals surface area (Å²) in [6.07, 6.45) is 4.98. The predicted molar refractivity (Wildman–Crippen MR) is 132 cm³/mol. The number of imidazole rings is 1. The topological polar surface area (TPSA) is 60.3 Å². The third-order valence-corrected chi connectivity index (χ3v) is 7.04. The van der Waals surface area contributed by atoms with Gasteiger partial charge in [0.2, 0.25) is 5.91 Å². The fraction of sp³-hybridized carbons (Fsp3) is 0.321. The highest BCUT2D eigenvalue weighted by Gasteiger charge is 2.36. The van der Waals surface area contributed by atoms with E-state index < -0.39 is 0 Å². The maximum Gasteiger partial charge on any atom is 0.225 e. The Morgan fingerprint density at radius 3 is 2.38 bits per heavy atom. The minimum absolute atomic E-state index is 0.286. The number of pyridine rings is 1. The minimum atomic E-state index is 0.286. The molecule has 1 aliphatic heterocycles. The van der Waals surface area contributed by atoms with Crippen LogP contribution in [0.4, 0.5) is 0 Å². The number of carbonyl (C=O) groups excluding carboxylic acids is 1. The molecule has 2 aromatic heterocycles. The van der Waals surface area contributed by atoms with Crippen LogP contribution in [0.2, 0.25) is 0 Å². The molecule has 1 atom stereocenters. The molecule has 2 aromatic carbocycles. The van der Waals surface area contributed by atoms with Crippen molar-refractivity contribution in [2.24, 2.45) is 11.8 Å². The van der Waals surface area contributed by atoms with Crippen LogP contribution in [0.1, 0.15) is 19.3 Å². The number of benzene rings is 2. The normalized spacial score (nSPS) is 17.9. The first-order valence-electron chi connectivity index (χ1n) is 12.0. The summed E-state index contributed by atoms with van der Waals surface area (Å²) in [5, 5.41) is 0. The minimum Gasteiger partial charge on any atom is -0.497 e. The Morgan fingerprint density at radius 1 is 0.971 bits per heavy atom. The fourth-order valence-corrected chi connectivity index (χ4v) is 4.98. The molecule has 1 saturated heterocycles. The third kappa shape index (κ3) is 3.94. The number of hydrogen-bond acceptors (Lipinski definition) is 4. The number of amides is 1. The Bertz CT molecular complexity index is 1320. The third-order valence-electron chi connectivity index (χ3n) is 7.04. The molecule has 0 bridgehead atoms. The van der Waals surface area contributed by atoms with Crippen LogP contribution in [-0.2, 0) is 11.3 Å². The molecule has 0 spiro atoms. The molecule has 6 rings (SSSR count). The van der Waals surface area contributed by atoms with Crippen molar-refractivity contribution in [3.63, 3.8) is 0 Å². The summed E-state index contributed by atoms with van der Waals surface area (Å²) in [6.45, 7) is 2.52. The van der Waals surface area contributed by atoms with Crippen molar-refractivity contribution in [3.05, 3.63) is 66.9 Å². The average Bonchev–Trinajstić information content (AvgIpc) is 3.53. The van der Waals surface area contributed by atoms with Gasteiger partial charge in [-0.05, 0) is 60.6 Å². The van der Waals surface area contributed by atoms with Crippen LogP contribution in [0.3, 0.4) is 0 Å². The first kappa shape index (κ1) is 20.9. The van der Waals surface area contributed by atoms with Crippen molar-refractivity contribution >= 4 is 17.1 Å². The molecule has 0 radical (unpaired) electrons. The zero-order valence-corrected chi connectivity index (χ0v) is 19.4. The van der Waals surface area contributed by atoms with Gasteiger partial charge in [-0.25, -0.2) is 9.97 Å². The number of fused-ring (bicyclic) bond motifs is 1. The number of carbonyl (C=O) groups is 1. The molecule has 172 valence electrons. The van der Waals surface area contributed by atoms with Gasteiger partial charge in [-0.1, -0.05) is 36.4 Å². The highest BCUT2D eigenvalue weighted by Crippen LogP contribution is 2.34. The SMILES string of the molecule is COc1ccc(-c2ccc(-c3nc4cccnc4n3CC3CCN(C(=O)C4CC4)C3)cc2)cc1. The number of rotatable bonds is 6. The van der Waals surface area contributed by atoms with E-state index >= 15 is 0 Å². The molecule has 1 unspecified atom stereocenters. The van der Waals surface area contributed by atoms with E-state index in [2.05, 4.69) is 50.8 Å². The molecule has 2 aliphatic rings. The Hall–Kier alpha value is -3.67. The van der Waals surface area contributed by atoms with Gasteiger partial charge in [0, 0.05) is 37.3 Å². The second-order valence-electron chi connectivity index (χ2n) is 9.41. The van der Waals surface area contributed by atoms with Gasteiger partial charge in [0.1, 0.15) is 17.1 Å². The van der Waals surface area contributed by atoms with Crippen molar-refractivity contribution in [2.45, 2.75) is 25.8 Å². The lowest BCUT2D eigenvalue weighted by Crippen LogP contribution is -2.30. The lowest BCUT2D eigenvalue weighted by atomic mass is 10.0. The zero-order chi connectivity index (χ0) is 23.1. The van der Waals surface area contributed by atoms with Crippen LogP contribution in [0.25, 0.3) is 33.7 Å². The molecule has 2 fully saturated rings. The Balaban J connectivity index is 1.28. The predicted octanol–water partition coefficient (Wildman–Crippen LogP) is 5.03. The van der Waals surface area contributed by atoms with Crippen molar-refractivity contribution in [3.8, 4) is 28.3 Å². The van der Waals surface area contributed by atoms with Crippen LogP contribution >= 0.6 is 0 Å². The number of methoxy groups -OCH3 is 1. The van der Waals surface area contributed by atoms with Gasteiger partial charge in [-0.15, -0.1) is 0 Å². The van der Waals surface area contributed by atoms with Crippen molar-refractivity contribution < 1.29 is 9.53 Å². The van der Waals surface area contributed by atoms with Crippen LogP contribution < -0.4 is 4.74 Å². The quantitative estimate of drug-likeness (QED) is 0.412. The summed E-state index contributed by atoms with van der Waals surface area (Å²) in [5.74, 6) is 2.84. The van der Waals surface area contributed by atoms with Gasteiger partial charge in [0.25, 0.3) is 0 Å². The van der Waals surface area contributed by atoms with Gasteiger partial charge in [-0.2, -0.15) is 0 Å². The second kappa shape index (κ2) is 8.60. The summed E-state index contributed by atoms with van der Waals surface area (Å²) < 4.78 is 7.52. The first-order chi connectivity index (χ1) is 16.7. The molecule has 6 nitrogen and oxygen atoms in total. The van der Waals surface area contributed by atoms with Crippen molar-refractivity contribution in [1.82, 2.24) is 19.4 Å². The van der Waals surface area contributed by atoms with E-state index in [-0.39, 0.29) is 5.92 Å². The molecule has 3 heterocycles. The van der Waals surface area contributed by atoms with E-state index in [1.807, 2.05) is 30.5 Å². The van der Waals surface area contributed by atoms with E-state index in [0.29, 0.717) is 11.8 Å². The van der Waals surface area contributed by atoms with Crippen LogP contribution in [0, 0.1) is 11.8 Å².